The van der Waals surface area contributed by atoms with Gasteiger partial charge in [-0.25, -0.2) is 4.68 Å². The Morgan fingerprint density at radius 2 is 2.03 bits per heavy atom. The van der Waals surface area contributed by atoms with Crippen LogP contribution in [0.1, 0.15) is 18.2 Å². The number of aliphatic hydroxyl groups excluding tert-OH is 2. The molecular formula is C19H25N5O4S. The van der Waals surface area contributed by atoms with Gasteiger partial charge >= 0.3 is 0 Å². The van der Waals surface area contributed by atoms with E-state index < -0.39 is 24.4 Å². The summed E-state index contributed by atoms with van der Waals surface area (Å²) < 4.78 is 13.3. The summed E-state index contributed by atoms with van der Waals surface area (Å²) in [4.78, 5) is 4.42. The van der Waals surface area contributed by atoms with Gasteiger partial charge in [-0.15, -0.1) is 5.10 Å². The molecule has 156 valence electrons. The van der Waals surface area contributed by atoms with Crippen molar-refractivity contribution in [1.29, 1.82) is 0 Å². The summed E-state index contributed by atoms with van der Waals surface area (Å²) >= 11 is 1.43. The highest BCUT2D eigenvalue weighted by molar-refractivity contribution is 8.14. The van der Waals surface area contributed by atoms with Crippen LogP contribution in [0.2, 0.25) is 0 Å². The number of benzene rings is 1. The van der Waals surface area contributed by atoms with E-state index in [-0.39, 0.29) is 12.0 Å². The summed E-state index contributed by atoms with van der Waals surface area (Å²) in [6.07, 6.45) is -0.902. The summed E-state index contributed by atoms with van der Waals surface area (Å²) in [5, 5.41) is 33.0. The quantitative estimate of drug-likeness (QED) is 0.627. The summed E-state index contributed by atoms with van der Waals surface area (Å²) in [5.41, 5.74) is 1.50. The number of rotatable bonds is 6. The van der Waals surface area contributed by atoms with Crippen LogP contribution in [0.4, 0.5) is 0 Å². The predicted molar refractivity (Wildman–Crippen MR) is 109 cm³/mol. The van der Waals surface area contributed by atoms with Crippen LogP contribution in [0.5, 0.6) is 5.75 Å². The summed E-state index contributed by atoms with van der Waals surface area (Å²) in [6, 6.07) is 7.31. The number of ether oxygens (including phenoxy) is 2. The maximum atomic E-state index is 10.5. The van der Waals surface area contributed by atoms with E-state index in [0.717, 1.165) is 17.5 Å². The second-order valence-electron chi connectivity index (χ2n) is 7.13. The molecule has 3 heterocycles. The molecule has 2 aliphatic rings. The smallest absolute Gasteiger partial charge is 0.159 e. The van der Waals surface area contributed by atoms with Gasteiger partial charge in [-0.3, -0.25) is 4.99 Å². The molecule has 4 rings (SSSR count). The van der Waals surface area contributed by atoms with E-state index in [9.17, 15) is 10.2 Å². The van der Waals surface area contributed by atoms with E-state index >= 15 is 0 Å². The van der Waals surface area contributed by atoms with Crippen molar-refractivity contribution >= 4 is 16.9 Å². The molecule has 2 aromatic rings. The van der Waals surface area contributed by atoms with Crippen molar-refractivity contribution in [2.45, 2.75) is 56.8 Å². The van der Waals surface area contributed by atoms with Crippen molar-refractivity contribution in [3.63, 3.8) is 0 Å². The Balaban J connectivity index is 1.34. The van der Waals surface area contributed by atoms with Gasteiger partial charge in [0.2, 0.25) is 0 Å². The van der Waals surface area contributed by atoms with Gasteiger partial charge in [0, 0.05) is 6.54 Å². The minimum absolute atomic E-state index is 0.274. The molecular weight excluding hydrogens is 394 g/mol. The number of aliphatic hydroxyl groups is 2. The maximum Gasteiger partial charge on any atom is 0.159 e. The first-order valence-corrected chi connectivity index (χ1v) is 10.5. The SMILES string of the molecule is CCNC1=N[C@@H]2[C@@H](O)[C@H](O)[C@@H](Cn3cc(COc4ccc(C)cc4)nn3)O[C@@H]2S1. The predicted octanol–water partition coefficient (Wildman–Crippen LogP) is 0.693. The van der Waals surface area contributed by atoms with Gasteiger partial charge in [-0.2, -0.15) is 0 Å². The molecule has 0 saturated carbocycles. The Labute approximate surface area is 173 Å². The first-order chi connectivity index (χ1) is 14.0. The number of thioether (sulfide) groups is 1. The molecule has 2 aliphatic heterocycles. The van der Waals surface area contributed by atoms with Crippen molar-refractivity contribution in [1.82, 2.24) is 20.3 Å². The van der Waals surface area contributed by atoms with E-state index in [4.69, 9.17) is 9.47 Å². The van der Waals surface area contributed by atoms with E-state index in [1.165, 1.54) is 17.3 Å². The monoisotopic (exact) mass is 419 g/mol. The molecule has 10 heteroatoms. The second-order valence-corrected chi connectivity index (χ2v) is 8.22. The molecule has 0 bridgehead atoms. The first-order valence-electron chi connectivity index (χ1n) is 9.62. The molecule has 0 spiro atoms. The molecule has 0 radical (unpaired) electrons. The first kappa shape index (κ1) is 20.1. The molecule has 5 atom stereocenters. The van der Waals surface area contributed by atoms with Crippen molar-refractivity contribution in [3.8, 4) is 5.75 Å². The van der Waals surface area contributed by atoms with E-state index in [2.05, 4.69) is 20.6 Å². The minimum atomic E-state index is -1.06. The third-order valence-corrected chi connectivity index (χ3v) is 5.95. The Hall–Kier alpha value is -2.14. The molecule has 3 N–H and O–H groups in total. The van der Waals surface area contributed by atoms with E-state index in [1.807, 2.05) is 38.1 Å². The zero-order valence-corrected chi connectivity index (χ0v) is 17.1. The highest BCUT2D eigenvalue weighted by Gasteiger charge is 2.48. The van der Waals surface area contributed by atoms with Gasteiger partial charge < -0.3 is 25.0 Å². The second kappa shape index (κ2) is 8.70. The molecule has 1 fully saturated rings. The highest BCUT2D eigenvalue weighted by Crippen LogP contribution is 2.36. The lowest BCUT2D eigenvalue weighted by Crippen LogP contribution is -2.55. The van der Waals surface area contributed by atoms with Gasteiger partial charge in [-0.1, -0.05) is 34.7 Å². The molecule has 0 unspecified atom stereocenters. The summed E-state index contributed by atoms with van der Waals surface area (Å²) in [7, 11) is 0. The van der Waals surface area contributed by atoms with Gasteiger partial charge in [0.1, 0.15) is 47.8 Å². The molecule has 0 amide bonds. The number of nitrogens with zero attached hydrogens (tertiary/aromatic N) is 4. The van der Waals surface area contributed by atoms with E-state index in [0.29, 0.717) is 12.3 Å². The maximum absolute atomic E-state index is 10.5. The molecule has 1 aromatic carbocycles. The number of nitrogens with one attached hydrogen (secondary N) is 1. The third kappa shape index (κ3) is 4.55. The fraction of sp³-hybridized carbons (Fsp3) is 0.526. The van der Waals surface area contributed by atoms with Crippen LogP contribution in [0.15, 0.2) is 35.5 Å². The zero-order chi connectivity index (χ0) is 20.4. The number of aryl methyl sites for hydroxylation is 1. The topological polar surface area (TPSA) is 114 Å². The third-order valence-electron chi connectivity index (χ3n) is 4.85. The average Bonchev–Trinajstić information content (AvgIpc) is 3.32. The molecule has 29 heavy (non-hydrogen) atoms. The van der Waals surface area contributed by atoms with Gasteiger partial charge in [0.25, 0.3) is 0 Å². The Kier molecular flexibility index (Phi) is 6.04. The van der Waals surface area contributed by atoms with Crippen LogP contribution in [-0.2, 0) is 17.9 Å². The fourth-order valence-electron chi connectivity index (χ4n) is 3.29. The lowest BCUT2D eigenvalue weighted by atomic mass is 9.98. The van der Waals surface area contributed by atoms with Crippen LogP contribution >= 0.6 is 11.8 Å². The Morgan fingerprint density at radius 1 is 1.24 bits per heavy atom. The highest BCUT2D eigenvalue weighted by atomic mass is 32.2. The van der Waals surface area contributed by atoms with E-state index in [1.54, 1.807) is 10.9 Å². The average molecular weight is 420 g/mol. The van der Waals surface area contributed by atoms with Crippen molar-refractivity contribution in [3.05, 3.63) is 41.7 Å². The van der Waals surface area contributed by atoms with Crippen molar-refractivity contribution in [2.24, 2.45) is 4.99 Å². The van der Waals surface area contributed by atoms with Crippen LogP contribution in [-0.4, -0.2) is 66.7 Å². The number of hydrogen-bond acceptors (Lipinski definition) is 9. The van der Waals surface area contributed by atoms with Crippen LogP contribution in [0.25, 0.3) is 0 Å². The largest absolute Gasteiger partial charge is 0.487 e. The lowest BCUT2D eigenvalue weighted by Gasteiger charge is -2.38. The minimum Gasteiger partial charge on any atom is -0.487 e. The number of hydrogen-bond donors (Lipinski definition) is 3. The Morgan fingerprint density at radius 3 is 2.79 bits per heavy atom. The molecule has 1 aromatic heterocycles. The number of aliphatic imine (C=N–C) groups is 1. The standard InChI is InChI=1S/C19H25N5O4S/c1-3-20-19-21-15-17(26)16(25)14(28-18(15)29-19)9-24-8-12(22-23-24)10-27-13-6-4-11(2)5-7-13/h4-8,14-18,25-26H,3,9-10H2,1-2H3,(H,20,21)/t14-,15-,16-,17-,18-/m1/s1. The Bertz CT molecular complexity index is 859. The summed E-state index contributed by atoms with van der Waals surface area (Å²) in [5.74, 6) is 0.764. The van der Waals surface area contributed by atoms with Gasteiger partial charge in [-0.05, 0) is 26.0 Å². The zero-order valence-electron chi connectivity index (χ0n) is 16.3. The van der Waals surface area contributed by atoms with Crippen LogP contribution < -0.4 is 10.1 Å². The lowest BCUT2D eigenvalue weighted by molar-refractivity contribution is -0.157. The van der Waals surface area contributed by atoms with Crippen LogP contribution in [0, 0.1) is 6.92 Å². The molecule has 9 nitrogen and oxygen atoms in total. The number of amidine groups is 1. The summed E-state index contributed by atoms with van der Waals surface area (Å²) in [6.45, 7) is 5.30. The normalized spacial score (nSPS) is 28.7. The molecule has 0 aliphatic carbocycles. The fourth-order valence-corrected chi connectivity index (χ4v) is 4.48. The van der Waals surface area contributed by atoms with Crippen LogP contribution in [0.3, 0.4) is 0 Å². The van der Waals surface area contributed by atoms with Gasteiger partial charge in [0.05, 0.1) is 12.7 Å². The molecule has 1 saturated heterocycles. The van der Waals surface area contributed by atoms with Gasteiger partial charge in [0.15, 0.2) is 5.17 Å². The number of fused-ring (bicyclic) bond motifs is 1. The number of aromatic nitrogens is 3. The van der Waals surface area contributed by atoms with Crippen molar-refractivity contribution in [2.75, 3.05) is 6.54 Å². The van der Waals surface area contributed by atoms with Crippen molar-refractivity contribution < 1.29 is 19.7 Å².